The number of carbonyl (C=O) groups excluding carboxylic acids is 4. The van der Waals surface area contributed by atoms with Gasteiger partial charge in [-0.1, -0.05) is 37.8 Å². The Bertz CT molecular complexity index is 2710. The number of hydrazine groups is 1. The highest BCUT2D eigenvalue weighted by Crippen LogP contribution is 2.45. The molecular formula is C53H63F10N9O8. The van der Waals surface area contributed by atoms with Crippen LogP contribution in [0.5, 0.6) is 0 Å². The summed E-state index contributed by atoms with van der Waals surface area (Å²) in [4.78, 5) is 64.9. The lowest BCUT2D eigenvalue weighted by Gasteiger charge is -2.38. The van der Waals surface area contributed by atoms with E-state index in [0.29, 0.717) is 68.2 Å². The van der Waals surface area contributed by atoms with Crippen molar-refractivity contribution in [2.75, 3.05) is 65.1 Å². The van der Waals surface area contributed by atoms with E-state index in [4.69, 9.17) is 10.5 Å². The number of alkyl carbamates (subject to hydrolysis) is 1. The summed E-state index contributed by atoms with van der Waals surface area (Å²) >= 11 is 0. The van der Waals surface area contributed by atoms with Crippen LogP contribution in [0.15, 0.2) is 65.8 Å². The van der Waals surface area contributed by atoms with E-state index >= 15 is 8.78 Å². The first-order chi connectivity index (χ1) is 37.4. The molecule has 3 aromatic rings. The predicted molar refractivity (Wildman–Crippen MR) is 272 cm³/mol. The average Bonchev–Trinajstić information content (AvgIpc) is 4.05. The molecule has 2 saturated heterocycles. The van der Waals surface area contributed by atoms with Crippen LogP contribution in [0, 0.1) is 40.2 Å². The van der Waals surface area contributed by atoms with Gasteiger partial charge in [-0.2, -0.15) is 35.1 Å². The number of hydrogen-bond acceptors (Lipinski definition) is 14. The van der Waals surface area contributed by atoms with Gasteiger partial charge in [-0.3, -0.25) is 24.7 Å². The molecule has 2 aliphatic rings. The van der Waals surface area contributed by atoms with Crippen molar-refractivity contribution in [3.05, 3.63) is 100 Å². The largest absolute Gasteiger partial charge is 0.469 e. The molecule has 0 radical (unpaired) electrons. The smallest absolute Gasteiger partial charge is 0.407 e. The maximum absolute atomic E-state index is 15.9. The fraction of sp³-hybridized carbons (Fsp3) is 0.509. The number of methoxy groups -OCH3 is 2. The molecule has 0 unspecified atom stereocenters. The van der Waals surface area contributed by atoms with E-state index in [2.05, 4.69) is 51.8 Å². The molecule has 0 spiro atoms. The zero-order valence-electron chi connectivity index (χ0n) is 44.5. The fourth-order valence-electron chi connectivity index (χ4n) is 8.62. The maximum atomic E-state index is 15.9. The number of allylic oxidation sites excluding steroid dienone is 1. The van der Waals surface area contributed by atoms with Gasteiger partial charge in [-0.15, -0.1) is 0 Å². The zero-order chi connectivity index (χ0) is 59.3. The van der Waals surface area contributed by atoms with Gasteiger partial charge in [-0.25, -0.2) is 28.6 Å². The molecule has 6 N–H and O–H groups in total. The second-order valence-electron chi connectivity index (χ2n) is 20.1. The Morgan fingerprint density at radius 2 is 1.50 bits per heavy atom. The molecule has 3 heterocycles. The van der Waals surface area contributed by atoms with Crippen LogP contribution in [-0.4, -0.2) is 153 Å². The van der Waals surface area contributed by atoms with Crippen molar-refractivity contribution in [3.63, 3.8) is 0 Å². The number of anilines is 1. The topological polar surface area (TPSA) is 213 Å². The molecule has 2 fully saturated rings. The number of nitrogens with one attached hydrogen (secondary N) is 3. The Morgan fingerprint density at radius 3 is 2.04 bits per heavy atom. The van der Waals surface area contributed by atoms with Gasteiger partial charge in [0.2, 0.25) is 11.8 Å². The van der Waals surface area contributed by atoms with Crippen molar-refractivity contribution in [1.82, 2.24) is 31.0 Å². The van der Waals surface area contributed by atoms with Crippen LogP contribution in [0.4, 0.5) is 54.5 Å². The van der Waals surface area contributed by atoms with Gasteiger partial charge in [-0.05, 0) is 74.7 Å². The highest BCUT2D eigenvalue weighted by atomic mass is 19.4. The SMILES string of the molecule is COC(=O)C[C@H](C(=O)NN(Cc1c(F)cc(C(N)=CC=NC(F)F)cc1F)C[C@H](O)[C@H](Cc1ccc(C#Cc2ccc(N3CCN([C@@H]4CCOC4)CC3)nc2)cc1)NC(=O)[C@@H](NC(=O)OC)C(C)(C)C(F)(F)F)C(C)(C)C(F)(F)F. The number of halogens is 10. The van der Waals surface area contributed by atoms with Crippen molar-refractivity contribution in [1.29, 1.82) is 0 Å². The molecule has 0 saturated carbocycles. The number of aliphatic hydroxyl groups is 1. The lowest BCUT2D eigenvalue weighted by atomic mass is 9.75. The molecule has 2 aromatic carbocycles. The number of carbonyl (C=O) groups is 4. The van der Waals surface area contributed by atoms with E-state index in [1.54, 1.807) is 6.20 Å². The lowest BCUT2D eigenvalue weighted by molar-refractivity contribution is -0.231. The zero-order valence-corrected chi connectivity index (χ0v) is 44.5. The first-order valence-corrected chi connectivity index (χ1v) is 24.9. The van der Waals surface area contributed by atoms with Gasteiger partial charge < -0.3 is 40.6 Å². The van der Waals surface area contributed by atoms with Crippen molar-refractivity contribution >= 4 is 41.6 Å². The molecule has 80 heavy (non-hydrogen) atoms. The third kappa shape index (κ3) is 17.0. The normalized spacial score (nSPS) is 17.4. The number of esters is 1. The number of aromatic nitrogens is 1. The second-order valence-corrected chi connectivity index (χ2v) is 20.1. The van der Waals surface area contributed by atoms with Crippen molar-refractivity contribution in [3.8, 4) is 11.8 Å². The number of alkyl halides is 8. The molecule has 27 heteroatoms. The summed E-state index contributed by atoms with van der Waals surface area (Å²) < 4.78 is 159. The summed E-state index contributed by atoms with van der Waals surface area (Å²) in [5.41, 5.74) is 1.37. The van der Waals surface area contributed by atoms with Crippen molar-refractivity contribution in [2.45, 2.75) is 96.6 Å². The van der Waals surface area contributed by atoms with Gasteiger partial charge in [0, 0.05) is 92.3 Å². The van der Waals surface area contributed by atoms with E-state index < -0.39 is 132 Å². The minimum Gasteiger partial charge on any atom is -0.469 e. The van der Waals surface area contributed by atoms with Crippen LogP contribution in [0.1, 0.15) is 68.4 Å². The molecule has 5 rings (SSSR count). The third-order valence-electron chi connectivity index (χ3n) is 14.0. The number of pyridine rings is 1. The van der Waals surface area contributed by atoms with Gasteiger partial charge in [0.1, 0.15) is 23.5 Å². The minimum atomic E-state index is -5.17. The van der Waals surface area contributed by atoms with E-state index in [1.165, 1.54) is 24.3 Å². The highest BCUT2D eigenvalue weighted by Gasteiger charge is 2.57. The molecule has 0 bridgehead atoms. The molecule has 0 aliphatic carbocycles. The van der Waals surface area contributed by atoms with E-state index in [1.807, 2.05) is 17.4 Å². The number of amides is 3. The summed E-state index contributed by atoms with van der Waals surface area (Å²) in [5.74, 6) is -2.78. The number of nitrogens with two attached hydrogens (primary N) is 1. The third-order valence-corrected chi connectivity index (χ3v) is 14.0. The van der Waals surface area contributed by atoms with Crippen molar-refractivity contribution < 1.29 is 82.4 Å². The highest BCUT2D eigenvalue weighted by molar-refractivity contribution is 5.87. The van der Waals surface area contributed by atoms with Gasteiger partial charge >= 0.3 is 31.0 Å². The first-order valence-electron chi connectivity index (χ1n) is 24.9. The van der Waals surface area contributed by atoms with Crippen LogP contribution >= 0.6 is 0 Å². The average molecular weight is 1140 g/mol. The number of aliphatic imine (C=N–C) groups is 1. The molecular weight excluding hydrogens is 1080 g/mol. The van der Waals surface area contributed by atoms with E-state index in [-0.39, 0.29) is 5.56 Å². The lowest BCUT2D eigenvalue weighted by Crippen LogP contribution is -2.62. The fourth-order valence-corrected chi connectivity index (χ4v) is 8.62. The summed E-state index contributed by atoms with van der Waals surface area (Å²) in [7, 11) is 1.66. The standard InChI is InChI=1S/C53H63F10N9O8/c1-50(2,52(58,59)60)37(26-44(74)78-5)46(75)69-72(28-36-38(54)24-34(25-39(36)55)40(64)15-17-65-48(56)57)29-42(73)41(67-47(76)45(68-49(77)79-6)51(3,4)53(61,62)63)23-32-10-7-31(8-11-32)9-12-33-13-14-43(66-27-33)71-20-18-70(19-21-71)35-16-22-80-30-35/h7-8,10-11,13-15,17,24-25,27,35,37,41-42,45,48,73H,16,18-23,26,28-30,64H2,1-6H3,(H,67,76)(H,68,77)(H,69,75)/t35-,37-,41+,42+,45-/m1/s1. The number of rotatable bonds is 21. The monoisotopic (exact) mass is 1140 g/mol. The number of benzene rings is 2. The molecule has 1 aromatic heterocycles. The summed E-state index contributed by atoms with van der Waals surface area (Å²) in [5, 5.41) is 16.7. The molecule has 2 aliphatic heterocycles. The van der Waals surface area contributed by atoms with Crippen molar-refractivity contribution in [2.24, 2.45) is 27.5 Å². The van der Waals surface area contributed by atoms with Crippen LogP contribution in [0.25, 0.3) is 5.70 Å². The van der Waals surface area contributed by atoms with Crippen LogP contribution < -0.4 is 26.7 Å². The number of nitrogens with zero attached hydrogens (tertiary/aromatic N) is 5. The van der Waals surface area contributed by atoms with E-state index in [9.17, 15) is 59.4 Å². The first kappa shape index (κ1) is 63.8. The van der Waals surface area contributed by atoms with Crippen LogP contribution in [-0.2, 0) is 41.6 Å². The number of aliphatic hydroxyl groups excluding tert-OH is 1. The predicted octanol–water partition coefficient (Wildman–Crippen LogP) is 6.27. The molecule has 5 atom stereocenters. The number of ether oxygens (including phenoxy) is 3. The molecule has 438 valence electrons. The van der Waals surface area contributed by atoms with Crippen LogP contribution in [0.3, 0.4) is 0 Å². The van der Waals surface area contributed by atoms with Gasteiger partial charge in [0.15, 0.2) is 0 Å². The number of hydrogen-bond donors (Lipinski definition) is 5. The number of piperazine rings is 1. The summed E-state index contributed by atoms with van der Waals surface area (Å²) in [6.45, 7) is 1.79. The quantitative estimate of drug-likeness (QED) is 0.0199. The maximum Gasteiger partial charge on any atom is 0.407 e. The Kier molecular flexibility index (Phi) is 21.9. The summed E-state index contributed by atoms with van der Waals surface area (Å²) in [6, 6.07) is 7.19. The minimum absolute atomic E-state index is 0.275. The summed E-state index contributed by atoms with van der Waals surface area (Å²) in [6.07, 6.45) is -11.6. The second kappa shape index (κ2) is 27.4. The van der Waals surface area contributed by atoms with E-state index in [0.717, 1.165) is 71.9 Å². The van der Waals surface area contributed by atoms with Gasteiger partial charge in [0.25, 0.3) is 0 Å². The van der Waals surface area contributed by atoms with Gasteiger partial charge in [0.05, 0.1) is 56.1 Å². The molecule has 3 amide bonds. The molecule has 17 nitrogen and oxygen atoms in total. The Hall–Kier alpha value is -7.02. The van der Waals surface area contributed by atoms with Crippen LogP contribution in [0.2, 0.25) is 0 Å². The Morgan fingerprint density at radius 1 is 0.887 bits per heavy atom. The Balaban J connectivity index is 1.49. The Labute approximate surface area is 455 Å².